The van der Waals surface area contributed by atoms with Crippen LogP contribution in [0, 0.1) is 0 Å². The van der Waals surface area contributed by atoms with Crippen LogP contribution < -0.4 is 9.92 Å². The SMILES string of the molecule is COc1ccc2ccccc2c1[SiH3]. The largest absolute Gasteiger partial charge is 0.497 e. The average Bonchev–Trinajstić information content (AvgIpc) is 2.19. The quantitative estimate of drug-likeness (QED) is 0.603. The lowest BCUT2D eigenvalue weighted by molar-refractivity contribution is 0.418. The van der Waals surface area contributed by atoms with Crippen LogP contribution in [0.5, 0.6) is 5.75 Å². The lowest BCUT2D eigenvalue weighted by Crippen LogP contribution is -2.08. The predicted molar refractivity (Wildman–Crippen MR) is 60.1 cm³/mol. The predicted octanol–water partition coefficient (Wildman–Crippen LogP) is 0.839. The number of ether oxygens (including phenoxy) is 1. The van der Waals surface area contributed by atoms with Gasteiger partial charge in [-0.15, -0.1) is 0 Å². The molecule has 0 fully saturated rings. The second kappa shape index (κ2) is 3.22. The number of hydrogen-bond acceptors (Lipinski definition) is 1. The molecule has 0 bridgehead atoms. The summed E-state index contributed by atoms with van der Waals surface area (Å²) in [4.78, 5) is 0. The molecule has 0 atom stereocenters. The Bertz CT molecular complexity index is 437. The van der Waals surface area contributed by atoms with E-state index in [-0.39, 0.29) is 0 Å². The van der Waals surface area contributed by atoms with Crippen molar-refractivity contribution < 1.29 is 4.74 Å². The van der Waals surface area contributed by atoms with Crippen molar-refractivity contribution >= 4 is 26.2 Å². The topological polar surface area (TPSA) is 9.23 Å². The van der Waals surface area contributed by atoms with Gasteiger partial charge in [0.25, 0.3) is 0 Å². The van der Waals surface area contributed by atoms with E-state index in [9.17, 15) is 0 Å². The van der Waals surface area contributed by atoms with Crippen molar-refractivity contribution in [1.82, 2.24) is 0 Å². The molecule has 0 aliphatic rings. The lowest BCUT2D eigenvalue weighted by Gasteiger charge is -2.07. The first-order valence-electron chi connectivity index (χ1n) is 4.35. The average molecular weight is 188 g/mol. The third-order valence-corrected chi connectivity index (χ3v) is 3.40. The van der Waals surface area contributed by atoms with E-state index in [2.05, 4.69) is 30.3 Å². The van der Waals surface area contributed by atoms with E-state index in [0.29, 0.717) is 0 Å². The first kappa shape index (κ1) is 8.32. The van der Waals surface area contributed by atoms with Gasteiger partial charge in [0.1, 0.15) is 5.75 Å². The van der Waals surface area contributed by atoms with E-state index in [1.807, 2.05) is 6.07 Å². The molecule has 1 nitrogen and oxygen atoms in total. The van der Waals surface area contributed by atoms with Gasteiger partial charge in [-0.25, -0.2) is 0 Å². The number of rotatable bonds is 1. The molecule has 0 N–H and O–H groups in total. The Balaban J connectivity index is 2.79. The van der Waals surface area contributed by atoms with E-state index >= 15 is 0 Å². The summed E-state index contributed by atoms with van der Waals surface area (Å²) < 4.78 is 5.29. The van der Waals surface area contributed by atoms with Crippen LogP contribution in [-0.2, 0) is 0 Å². The Kier molecular flexibility index (Phi) is 2.06. The maximum atomic E-state index is 5.29. The highest BCUT2D eigenvalue weighted by atomic mass is 28.1. The van der Waals surface area contributed by atoms with Crippen molar-refractivity contribution in [2.75, 3.05) is 7.11 Å². The maximum Gasteiger partial charge on any atom is 0.117 e. The summed E-state index contributed by atoms with van der Waals surface area (Å²) in [5.74, 6) is 1.02. The minimum atomic E-state index is 1.02. The van der Waals surface area contributed by atoms with Gasteiger partial charge in [0.05, 0.1) is 7.11 Å². The van der Waals surface area contributed by atoms with Crippen LogP contribution in [-0.4, -0.2) is 17.4 Å². The van der Waals surface area contributed by atoms with Gasteiger partial charge in [-0.1, -0.05) is 30.3 Å². The molecule has 0 spiro atoms. The Labute approximate surface area is 80.8 Å². The van der Waals surface area contributed by atoms with Crippen LogP contribution in [0.4, 0.5) is 0 Å². The molecule has 13 heavy (non-hydrogen) atoms. The van der Waals surface area contributed by atoms with Gasteiger partial charge in [-0.2, -0.15) is 0 Å². The number of fused-ring (bicyclic) bond motifs is 1. The summed E-state index contributed by atoms with van der Waals surface area (Å²) in [6, 6.07) is 12.6. The molecule has 0 saturated heterocycles. The third-order valence-electron chi connectivity index (χ3n) is 2.37. The molecule has 0 aliphatic carbocycles. The molecule has 0 unspecified atom stereocenters. The Morgan fingerprint density at radius 2 is 1.85 bits per heavy atom. The molecule has 0 saturated carbocycles. The summed E-state index contributed by atoms with van der Waals surface area (Å²) in [6.07, 6.45) is 0. The molecular formula is C11H12OSi. The molecule has 2 aromatic rings. The molecule has 0 aromatic heterocycles. The highest BCUT2D eigenvalue weighted by molar-refractivity contribution is 6.40. The van der Waals surface area contributed by atoms with E-state index < -0.39 is 0 Å². The maximum absolute atomic E-state index is 5.29. The van der Waals surface area contributed by atoms with Gasteiger partial charge in [-0.3, -0.25) is 0 Å². The van der Waals surface area contributed by atoms with Gasteiger partial charge >= 0.3 is 0 Å². The summed E-state index contributed by atoms with van der Waals surface area (Å²) in [5.41, 5.74) is 0. The Morgan fingerprint density at radius 3 is 2.62 bits per heavy atom. The second-order valence-corrected chi connectivity index (χ2v) is 4.11. The van der Waals surface area contributed by atoms with E-state index in [4.69, 9.17) is 4.74 Å². The van der Waals surface area contributed by atoms with Gasteiger partial charge in [0, 0.05) is 10.2 Å². The molecule has 2 heteroatoms. The number of benzene rings is 2. The third kappa shape index (κ3) is 1.33. The van der Waals surface area contributed by atoms with Crippen LogP contribution in [0.1, 0.15) is 0 Å². The van der Waals surface area contributed by atoms with Crippen LogP contribution in [0.2, 0.25) is 0 Å². The first-order valence-corrected chi connectivity index (χ1v) is 5.35. The fourth-order valence-electron chi connectivity index (χ4n) is 1.63. The highest BCUT2D eigenvalue weighted by Gasteiger charge is 2.01. The Hall–Kier alpha value is -1.28. The van der Waals surface area contributed by atoms with E-state index in [1.54, 1.807) is 7.11 Å². The fraction of sp³-hybridized carbons (Fsp3) is 0.0909. The molecule has 2 rings (SSSR count). The van der Waals surface area contributed by atoms with E-state index in [0.717, 1.165) is 16.0 Å². The van der Waals surface area contributed by atoms with Crippen molar-refractivity contribution in [1.29, 1.82) is 0 Å². The van der Waals surface area contributed by atoms with Crippen LogP contribution in [0.25, 0.3) is 10.8 Å². The molecule has 0 aliphatic heterocycles. The Morgan fingerprint density at radius 1 is 1.08 bits per heavy atom. The van der Waals surface area contributed by atoms with Gasteiger partial charge < -0.3 is 4.74 Å². The zero-order valence-corrected chi connectivity index (χ0v) is 9.87. The van der Waals surface area contributed by atoms with Crippen molar-refractivity contribution in [3.8, 4) is 5.75 Å². The molecule has 2 aromatic carbocycles. The van der Waals surface area contributed by atoms with E-state index in [1.165, 1.54) is 16.0 Å². The summed E-state index contributed by atoms with van der Waals surface area (Å²) >= 11 is 0. The highest BCUT2D eigenvalue weighted by Crippen LogP contribution is 2.16. The van der Waals surface area contributed by atoms with Crippen LogP contribution in [0.3, 0.4) is 0 Å². The van der Waals surface area contributed by atoms with Crippen LogP contribution in [0.15, 0.2) is 36.4 Å². The van der Waals surface area contributed by atoms with Crippen molar-refractivity contribution in [3.05, 3.63) is 36.4 Å². The zero-order valence-electron chi connectivity index (χ0n) is 7.87. The summed E-state index contributed by atoms with van der Waals surface area (Å²) in [7, 11) is 2.75. The first-order chi connectivity index (χ1) is 6.33. The van der Waals surface area contributed by atoms with Crippen LogP contribution >= 0.6 is 0 Å². The summed E-state index contributed by atoms with van der Waals surface area (Å²) in [6.45, 7) is 0. The van der Waals surface area contributed by atoms with Gasteiger partial charge in [-0.05, 0) is 22.0 Å². The normalized spacial score (nSPS) is 10.5. The number of methoxy groups -OCH3 is 1. The smallest absolute Gasteiger partial charge is 0.117 e. The second-order valence-electron chi connectivity index (χ2n) is 3.11. The van der Waals surface area contributed by atoms with Gasteiger partial charge in [0.2, 0.25) is 0 Å². The van der Waals surface area contributed by atoms with Gasteiger partial charge in [0.15, 0.2) is 0 Å². The molecule has 0 heterocycles. The fourth-order valence-corrected chi connectivity index (χ4v) is 2.45. The van der Waals surface area contributed by atoms with Crippen molar-refractivity contribution in [2.24, 2.45) is 0 Å². The minimum absolute atomic E-state index is 1.02. The van der Waals surface area contributed by atoms with Crippen molar-refractivity contribution in [3.63, 3.8) is 0 Å². The summed E-state index contributed by atoms with van der Waals surface area (Å²) in [5, 5.41) is 3.97. The monoisotopic (exact) mass is 188 g/mol. The molecule has 66 valence electrons. The minimum Gasteiger partial charge on any atom is -0.497 e. The molecule has 0 radical (unpaired) electrons. The number of hydrogen-bond donors (Lipinski definition) is 0. The molecule has 0 amide bonds. The standard InChI is InChI=1S/C11H12OSi/c1-12-10-7-6-8-4-2-3-5-9(8)11(10)13/h2-7H,1,13H3. The molecular weight excluding hydrogens is 176 g/mol. The van der Waals surface area contributed by atoms with Crippen molar-refractivity contribution in [2.45, 2.75) is 0 Å². The lowest BCUT2D eigenvalue weighted by atomic mass is 10.1. The zero-order chi connectivity index (χ0) is 9.26.